The Morgan fingerprint density at radius 1 is 1.24 bits per heavy atom. The van der Waals surface area contributed by atoms with Crippen molar-refractivity contribution in [1.29, 1.82) is 0 Å². The zero-order chi connectivity index (χ0) is 14.5. The van der Waals surface area contributed by atoms with E-state index in [1.165, 1.54) is 24.6 Å². The topological polar surface area (TPSA) is 95.9 Å². The summed E-state index contributed by atoms with van der Waals surface area (Å²) in [6.45, 7) is 0. The molecule has 0 aromatic heterocycles. The van der Waals surface area contributed by atoms with Gasteiger partial charge in [0.15, 0.2) is 0 Å². The first kappa shape index (κ1) is 18.1. The van der Waals surface area contributed by atoms with Crippen molar-refractivity contribution in [2.45, 2.75) is 38.2 Å². The fraction of sp³-hybridized carbons (Fsp3) is 0.429. The fourth-order valence-electron chi connectivity index (χ4n) is 2.27. The molecular formula is C14H19CaNO5. The summed E-state index contributed by atoms with van der Waals surface area (Å²) in [6.07, 6.45) is 4.34. The number of carboxylic acid groups (broad SMARTS) is 1. The van der Waals surface area contributed by atoms with Crippen molar-refractivity contribution >= 4 is 55.5 Å². The van der Waals surface area contributed by atoms with Crippen LogP contribution in [-0.2, 0) is 4.74 Å². The Kier molecular flexibility index (Phi) is 7.28. The minimum absolute atomic E-state index is 0. The first-order valence-electron chi connectivity index (χ1n) is 6.60. The first-order chi connectivity index (χ1) is 9.56. The first-order valence-corrected chi connectivity index (χ1v) is 6.60. The number of rotatable bonds is 3. The van der Waals surface area contributed by atoms with E-state index in [1.54, 1.807) is 0 Å². The van der Waals surface area contributed by atoms with Gasteiger partial charge in [-0.1, -0.05) is 6.42 Å². The number of phenols is 1. The second-order valence-electron chi connectivity index (χ2n) is 4.83. The van der Waals surface area contributed by atoms with E-state index in [0.29, 0.717) is 0 Å². The molecule has 2 rings (SSSR count). The molecule has 0 saturated heterocycles. The second-order valence-corrected chi connectivity index (χ2v) is 4.83. The maximum atomic E-state index is 11.7. The zero-order valence-electron chi connectivity index (χ0n) is 13.7. The Morgan fingerprint density at radius 3 is 2.52 bits per heavy atom. The van der Waals surface area contributed by atoms with Crippen LogP contribution in [0.2, 0.25) is 0 Å². The standard InChI is InChI=1S/C14H17NO5.Ca.2H/c16-12-7-6-9(8-11(12)13(17)18)15-14(19)20-10-4-2-1-3-5-10;;;/h6-8,10,16H,1-5H2,(H,15,19)(H,17,18);;;/q;+2;2*-1. The van der Waals surface area contributed by atoms with Gasteiger partial charge in [0.1, 0.15) is 17.4 Å². The molecule has 1 aliphatic rings. The van der Waals surface area contributed by atoms with Crippen molar-refractivity contribution in [3.63, 3.8) is 0 Å². The Labute approximate surface area is 155 Å². The zero-order valence-corrected chi connectivity index (χ0v) is 13.9. The second kappa shape index (κ2) is 8.46. The summed E-state index contributed by atoms with van der Waals surface area (Å²) in [5, 5.41) is 20.7. The van der Waals surface area contributed by atoms with Crippen LogP contribution in [0.15, 0.2) is 18.2 Å². The van der Waals surface area contributed by atoms with E-state index < -0.39 is 12.1 Å². The molecule has 0 spiro atoms. The van der Waals surface area contributed by atoms with E-state index >= 15 is 0 Å². The summed E-state index contributed by atoms with van der Waals surface area (Å²) in [5.74, 6) is -1.60. The number of hydrogen-bond donors (Lipinski definition) is 3. The normalized spacial score (nSPS) is 14.9. The predicted molar refractivity (Wildman–Crippen MR) is 80.0 cm³/mol. The third-order valence-corrected chi connectivity index (χ3v) is 3.30. The van der Waals surface area contributed by atoms with Crippen LogP contribution >= 0.6 is 0 Å². The monoisotopic (exact) mass is 321 g/mol. The average Bonchev–Trinajstić information content (AvgIpc) is 2.41. The van der Waals surface area contributed by atoms with Gasteiger partial charge in [-0.15, -0.1) is 0 Å². The van der Waals surface area contributed by atoms with Crippen LogP contribution in [0.25, 0.3) is 0 Å². The molecule has 1 aliphatic carbocycles. The van der Waals surface area contributed by atoms with E-state index in [9.17, 15) is 14.7 Å². The number of aromatic hydroxyl groups is 1. The number of aromatic carboxylic acids is 1. The number of carboxylic acids is 1. The van der Waals surface area contributed by atoms with Crippen LogP contribution < -0.4 is 5.32 Å². The van der Waals surface area contributed by atoms with Gasteiger partial charge in [0.05, 0.1) is 0 Å². The van der Waals surface area contributed by atoms with Crippen molar-refractivity contribution in [2.24, 2.45) is 0 Å². The number of carbonyl (C=O) groups excluding carboxylic acids is 1. The Bertz CT molecular complexity index is 524. The molecule has 1 amide bonds. The van der Waals surface area contributed by atoms with Crippen LogP contribution in [0.4, 0.5) is 10.5 Å². The third-order valence-electron chi connectivity index (χ3n) is 3.30. The summed E-state index contributed by atoms with van der Waals surface area (Å²) in [4.78, 5) is 22.6. The van der Waals surface area contributed by atoms with Gasteiger partial charge >= 0.3 is 49.8 Å². The number of nitrogens with one attached hydrogen (secondary N) is 1. The largest absolute Gasteiger partial charge is 2.00 e. The molecule has 21 heavy (non-hydrogen) atoms. The quantitative estimate of drug-likeness (QED) is 0.587. The predicted octanol–water partition coefficient (Wildman–Crippen LogP) is 2.82. The van der Waals surface area contributed by atoms with Crippen LogP contribution in [0.1, 0.15) is 45.3 Å². The molecule has 1 aromatic rings. The summed E-state index contributed by atoms with van der Waals surface area (Å²) >= 11 is 0. The van der Waals surface area contributed by atoms with Gasteiger partial charge in [0, 0.05) is 5.69 Å². The van der Waals surface area contributed by atoms with Crippen molar-refractivity contribution in [1.82, 2.24) is 0 Å². The van der Waals surface area contributed by atoms with E-state index in [1.807, 2.05) is 0 Å². The Balaban J connectivity index is 0. The van der Waals surface area contributed by atoms with Gasteiger partial charge in [-0.3, -0.25) is 5.32 Å². The number of ether oxygens (including phenoxy) is 1. The van der Waals surface area contributed by atoms with Gasteiger partial charge in [0.2, 0.25) is 0 Å². The van der Waals surface area contributed by atoms with Crippen LogP contribution in [0.5, 0.6) is 5.75 Å². The van der Waals surface area contributed by atoms with Crippen LogP contribution in [0, 0.1) is 0 Å². The van der Waals surface area contributed by atoms with Crippen LogP contribution in [-0.4, -0.2) is 66.1 Å². The van der Waals surface area contributed by atoms with Gasteiger partial charge in [-0.05, 0) is 43.9 Å². The van der Waals surface area contributed by atoms with E-state index in [4.69, 9.17) is 9.84 Å². The molecular weight excluding hydrogens is 302 g/mol. The summed E-state index contributed by atoms with van der Waals surface area (Å²) < 4.78 is 5.27. The molecule has 1 saturated carbocycles. The number of carbonyl (C=O) groups is 2. The minimum Gasteiger partial charge on any atom is -1.00 e. The summed E-state index contributed by atoms with van der Waals surface area (Å²) in [7, 11) is 0. The van der Waals surface area contributed by atoms with Gasteiger partial charge in [0.25, 0.3) is 0 Å². The molecule has 0 heterocycles. The molecule has 7 heteroatoms. The van der Waals surface area contributed by atoms with Crippen molar-refractivity contribution < 1.29 is 27.4 Å². The number of benzene rings is 1. The molecule has 6 nitrogen and oxygen atoms in total. The molecule has 3 N–H and O–H groups in total. The molecule has 1 aromatic carbocycles. The molecule has 112 valence electrons. The third kappa shape index (κ3) is 5.37. The van der Waals surface area contributed by atoms with Crippen LogP contribution in [0.3, 0.4) is 0 Å². The molecule has 0 aliphatic heterocycles. The molecule has 0 bridgehead atoms. The Morgan fingerprint density at radius 2 is 1.90 bits per heavy atom. The van der Waals surface area contributed by atoms with E-state index in [0.717, 1.165) is 25.7 Å². The van der Waals surface area contributed by atoms with Gasteiger partial charge < -0.3 is 17.8 Å². The minimum atomic E-state index is -1.26. The van der Waals surface area contributed by atoms with Crippen molar-refractivity contribution in [3.05, 3.63) is 23.8 Å². The smallest absolute Gasteiger partial charge is 1.00 e. The molecule has 1 fully saturated rings. The SMILES string of the molecule is O=C(Nc1ccc(O)c(C(=O)O)c1)OC1CCCCC1.[Ca+2].[H-].[H-]. The number of amides is 1. The summed E-state index contributed by atoms with van der Waals surface area (Å²) in [5.41, 5.74) is 0.0153. The van der Waals surface area contributed by atoms with Gasteiger partial charge in [-0.25, -0.2) is 9.59 Å². The maximum absolute atomic E-state index is 11.7. The fourth-order valence-corrected chi connectivity index (χ4v) is 2.27. The molecule has 0 atom stereocenters. The number of anilines is 1. The van der Waals surface area contributed by atoms with Crippen molar-refractivity contribution in [3.8, 4) is 5.75 Å². The van der Waals surface area contributed by atoms with Gasteiger partial charge in [-0.2, -0.15) is 0 Å². The van der Waals surface area contributed by atoms with Crippen molar-refractivity contribution in [2.75, 3.05) is 5.32 Å². The van der Waals surface area contributed by atoms with E-state index in [2.05, 4.69) is 5.32 Å². The van der Waals surface area contributed by atoms with E-state index in [-0.39, 0.29) is 63.7 Å². The maximum Gasteiger partial charge on any atom is 2.00 e. The Hall–Kier alpha value is -0.980. The molecule has 0 unspecified atom stereocenters. The summed E-state index contributed by atoms with van der Waals surface area (Å²) in [6, 6.07) is 3.84. The number of hydrogen-bond acceptors (Lipinski definition) is 4. The molecule has 0 radical (unpaired) electrons. The average molecular weight is 321 g/mol.